The van der Waals surface area contributed by atoms with Gasteiger partial charge in [-0.2, -0.15) is 0 Å². The maximum absolute atomic E-state index is 5.26. The molecule has 3 nitrogen and oxygen atoms in total. The molecule has 18 heavy (non-hydrogen) atoms. The third kappa shape index (κ3) is 3.72. The summed E-state index contributed by atoms with van der Waals surface area (Å²) in [7, 11) is 1.72. The molecule has 0 aromatic heterocycles. The minimum absolute atomic E-state index is 0.576. The average Bonchev–Trinajstić information content (AvgIpc) is 2.76. The number of hydrogen-bond donors (Lipinski definition) is 1. The van der Waals surface area contributed by atoms with Crippen LogP contribution in [0.1, 0.15) is 25.8 Å². The molecule has 3 heteroatoms. The zero-order valence-corrected chi connectivity index (χ0v) is 11.6. The number of rotatable bonds is 5. The van der Waals surface area contributed by atoms with Crippen LogP contribution in [0.5, 0.6) is 5.75 Å². The predicted octanol–water partition coefficient (Wildman–Crippen LogP) is 2.27. The zero-order valence-electron chi connectivity index (χ0n) is 11.6. The van der Waals surface area contributed by atoms with Crippen molar-refractivity contribution >= 4 is 0 Å². The van der Waals surface area contributed by atoms with Gasteiger partial charge < -0.3 is 10.1 Å². The molecular formula is C15H24N2O. The summed E-state index contributed by atoms with van der Waals surface area (Å²) in [6.45, 7) is 7.78. The van der Waals surface area contributed by atoms with Crippen LogP contribution in [0.2, 0.25) is 0 Å². The first kappa shape index (κ1) is 13.4. The topological polar surface area (TPSA) is 24.5 Å². The van der Waals surface area contributed by atoms with Crippen LogP contribution in [-0.2, 0) is 6.54 Å². The molecule has 1 aromatic carbocycles. The van der Waals surface area contributed by atoms with Gasteiger partial charge >= 0.3 is 0 Å². The molecule has 1 unspecified atom stereocenters. The van der Waals surface area contributed by atoms with Crippen molar-refractivity contribution in [1.29, 1.82) is 0 Å². The monoisotopic (exact) mass is 248 g/mol. The Balaban J connectivity index is 1.87. The van der Waals surface area contributed by atoms with E-state index in [-0.39, 0.29) is 0 Å². The van der Waals surface area contributed by atoms with Gasteiger partial charge in [0.15, 0.2) is 0 Å². The Bertz CT molecular complexity index is 379. The van der Waals surface area contributed by atoms with Crippen molar-refractivity contribution in [3.05, 3.63) is 29.8 Å². The standard InChI is InChI=1S/C15H24N2O/c1-12(2)16-14-7-8-17(11-14)10-13-5-4-6-15(9-13)18-3/h4-6,9,12,14,16H,7-8,10-11H2,1-3H3. The molecule has 1 aliphatic heterocycles. The number of hydrogen-bond acceptors (Lipinski definition) is 3. The van der Waals surface area contributed by atoms with Crippen LogP contribution in [0.15, 0.2) is 24.3 Å². The molecule has 0 amide bonds. The van der Waals surface area contributed by atoms with E-state index in [0.717, 1.165) is 18.8 Å². The summed E-state index contributed by atoms with van der Waals surface area (Å²) in [5.41, 5.74) is 1.33. The SMILES string of the molecule is COc1cccc(CN2CCC(NC(C)C)C2)c1. The summed E-state index contributed by atoms with van der Waals surface area (Å²) in [5, 5.41) is 3.61. The zero-order chi connectivity index (χ0) is 13.0. The molecule has 0 spiro atoms. The largest absolute Gasteiger partial charge is 0.497 e. The van der Waals surface area contributed by atoms with E-state index in [0.29, 0.717) is 12.1 Å². The molecule has 0 radical (unpaired) electrons. The lowest BCUT2D eigenvalue weighted by Crippen LogP contribution is -2.36. The van der Waals surface area contributed by atoms with E-state index in [2.05, 4.69) is 42.3 Å². The molecule has 1 aliphatic rings. The summed E-state index contributed by atoms with van der Waals surface area (Å²) in [4.78, 5) is 2.51. The minimum atomic E-state index is 0.576. The maximum atomic E-state index is 5.26. The Labute approximate surface area is 110 Å². The normalized spacial score (nSPS) is 20.6. The lowest BCUT2D eigenvalue weighted by Gasteiger charge is -2.18. The third-order valence-corrected chi connectivity index (χ3v) is 3.38. The summed E-state index contributed by atoms with van der Waals surface area (Å²) in [5.74, 6) is 0.948. The molecular weight excluding hydrogens is 224 g/mol. The second-order valence-electron chi connectivity index (χ2n) is 5.39. The van der Waals surface area contributed by atoms with E-state index in [1.165, 1.54) is 18.5 Å². The van der Waals surface area contributed by atoms with E-state index < -0.39 is 0 Å². The molecule has 1 saturated heterocycles. The lowest BCUT2D eigenvalue weighted by atomic mass is 10.2. The Kier molecular flexibility index (Phi) is 4.61. The molecule has 1 N–H and O–H groups in total. The van der Waals surface area contributed by atoms with Crippen molar-refractivity contribution < 1.29 is 4.74 Å². The number of methoxy groups -OCH3 is 1. The first-order valence-electron chi connectivity index (χ1n) is 6.78. The first-order chi connectivity index (χ1) is 8.67. The van der Waals surface area contributed by atoms with Crippen LogP contribution in [0, 0.1) is 0 Å². The van der Waals surface area contributed by atoms with Crippen molar-refractivity contribution in [3.8, 4) is 5.75 Å². The lowest BCUT2D eigenvalue weighted by molar-refractivity contribution is 0.316. The molecule has 2 rings (SSSR count). The van der Waals surface area contributed by atoms with Crippen LogP contribution in [-0.4, -0.2) is 37.2 Å². The van der Waals surface area contributed by atoms with Gasteiger partial charge in [0.2, 0.25) is 0 Å². The van der Waals surface area contributed by atoms with Crippen LogP contribution < -0.4 is 10.1 Å². The number of nitrogens with one attached hydrogen (secondary N) is 1. The van der Waals surface area contributed by atoms with Gasteiger partial charge in [-0.1, -0.05) is 26.0 Å². The van der Waals surface area contributed by atoms with E-state index >= 15 is 0 Å². The fourth-order valence-corrected chi connectivity index (χ4v) is 2.61. The van der Waals surface area contributed by atoms with Crippen molar-refractivity contribution in [3.63, 3.8) is 0 Å². The van der Waals surface area contributed by atoms with Crippen LogP contribution in [0.3, 0.4) is 0 Å². The van der Waals surface area contributed by atoms with Gasteiger partial charge in [-0.15, -0.1) is 0 Å². The van der Waals surface area contributed by atoms with Gasteiger partial charge in [0.05, 0.1) is 7.11 Å². The van der Waals surface area contributed by atoms with E-state index in [1.54, 1.807) is 7.11 Å². The van der Waals surface area contributed by atoms with E-state index in [1.807, 2.05) is 6.07 Å². The van der Waals surface area contributed by atoms with Gasteiger partial charge in [0, 0.05) is 31.7 Å². The fourth-order valence-electron chi connectivity index (χ4n) is 2.61. The Morgan fingerprint density at radius 1 is 1.44 bits per heavy atom. The molecule has 1 heterocycles. The van der Waals surface area contributed by atoms with Crippen LogP contribution in [0.4, 0.5) is 0 Å². The number of benzene rings is 1. The summed E-state index contributed by atoms with van der Waals surface area (Å²) in [6, 6.07) is 9.59. The van der Waals surface area contributed by atoms with E-state index in [4.69, 9.17) is 4.74 Å². The van der Waals surface area contributed by atoms with Crippen molar-refractivity contribution in [2.75, 3.05) is 20.2 Å². The molecule has 1 atom stereocenters. The third-order valence-electron chi connectivity index (χ3n) is 3.38. The van der Waals surface area contributed by atoms with Crippen LogP contribution >= 0.6 is 0 Å². The fraction of sp³-hybridized carbons (Fsp3) is 0.600. The summed E-state index contributed by atoms with van der Waals surface area (Å²) >= 11 is 0. The average molecular weight is 248 g/mol. The Morgan fingerprint density at radius 2 is 2.28 bits per heavy atom. The highest BCUT2D eigenvalue weighted by molar-refractivity contribution is 5.28. The second-order valence-corrected chi connectivity index (χ2v) is 5.39. The highest BCUT2D eigenvalue weighted by atomic mass is 16.5. The van der Waals surface area contributed by atoms with Gasteiger partial charge in [-0.3, -0.25) is 4.90 Å². The molecule has 0 aliphatic carbocycles. The molecule has 1 aromatic rings. The van der Waals surface area contributed by atoms with Gasteiger partial charge in [0.25, 0.3) is 0 Å². The van der Waals surface area contributed by atoms with Gasteiger partial charge in [-0.25, -0.2) is 0 Å². The smallest absolute Gasteiger partial charge is 0.119 e. The summed E-state index contributed by atoms with van der Waals surface area (Å²) in [6.07, 6.45) is 1.25. The molecule has 1 fully saturated rings. The molecule has 100 valence electrons. The number of likely N-dealkylation sites (tertiary alicyclic amines) is 1. The quantitative estimate of drug-likeness (QED) is 0.865. The van der Waals surface area contributed by atoms with Gasteiger partial charge in [-0.05, 0) is 24.1 Å². The highest BCUT2D eigenvalue weighted by Crippen LogP contribution is 2.17. The minimum Gasteiger partial charge on any atom is -0.497 e. The van der Waals surface area contributed by atoms with Crippen molar-refractivity contribution in [2.24, 2.45) is 0 Å². The Morgan fingerprint density at radius 3 is 3.00 bits per heavy atom. The second kappa shape index (κ2) is 6.21. The van der Waals surface area contributed by atoms with Crippen LogP contribution in [0.25, 0.3) is 0 Å². The summed E-state index contributed by atoms with van der Waals surface area (Å²) < 4.78 is 5.26. The Hall–Kier alpha value is -1.06. The number of nitrogens with zero attached hydrogens (tertiary/aromatic N) is 1. The molecule has 0 bridgehead atoms. The van der Waals surface area contributed by atoms with Crippen molar-refractivity contribution in [1.82, 2.24) is 10.2 Å². The van der Waals surface area contributed by atoms with E-state index in [9.17, 15) is 0 Å². The maximum Gasteiger partial charge on any atom is 0.119 e. The first-order valence-corrected chi connectivity index (χ1v) is 6.78. The molecule has 0 saturated carbocycles. The highest BCUT2D eigenvalue weighted by Gasteiger charge is 2.22. The number of ether oxygens (including phenoxy) is 1. The van der Waals surface area contributed by atoms with Gasteiger partial charge in [0.1, 0.15) is 5.75 Å². The van der Waals surface area contributed by atoms with Crippen molar-refractivity contribution in [2.45, 2.75) is 38.9 Å². The predicted molar refractivity (Wildman–Crippen MR) is 74.9 cm³/mol.